The molecule has 6 heteroatoms. The van der Waals surface area contributed by atoms with Crippen molar-refractivity contribution in [2.24, 2.45) is 0 Å². The van der Waals surface area contributed by atoms with E-state index in [4.69, 9.17) is 4.74 Å². The first-order chi connectivity index (χ1) is 11.1. The van der Waals surface area contributed by atoms with Crippen LogP contribution in [0.2, 0.25) is 0 Å². The van der Waals surface area contributed by atoms with E-state index in [0.717, 1.165) is 38.1 Å². The molecule has 126 valence electrons. The number of nitrogens with zero attached hydrogens (tertiary/aromatic N) is 2. The highest BCUT2D eigenvalue weighted by Gasteiger charge is 2.27. The van der Waals surface area contributed by atoms with E-state index < -0.39 is 23.1 Å². The number of hydrogen-bond donors (Lipinski definition) is 0. The maximum atomic E-state index is 13.7. The van der Waals surface area contributed by atoms with Crippen molar-refractivity contribution in [1.82, 2.24) is 9.80 Å². The Kier molecular flexibility index (Phi) is 5.23. The van der Waals surface area contributed by atoms with Gasteiger partial charge in [0.2, 0.25) is 0 Å². The lowest BCUT2D eigenvalue weighted by molar-refractivity contribution is -0.0130. The quantitative estimate of drug-likeness (QED) is 0.855. The second-order valence-electron chi connectivity index (χ2n) is 6.18. The molecule has 2 aliphatic rings. The minimum absolute atomic E-state index is 0.273. The van der Waals surface area contributed by atoms with Gasteiger partial charge >= 0.3 is 0 Å². The van der Waals surface area contributed by atoms with Crippen molar-refractivity contribution in [2.45, 2.75) is 25.4 Å². The molecule has 3 rings (SSSR count). The summed E-state index contributed by atoms with van der Waals surface area (Å²) in [5.41, 5.74) is -0.448. The summed E-state index contributed by atoms with van der Waals surface area (Å²) in [4.78, 5) is 16.1. The van der Waals surface area contributed by atoms with Crippen LogP contribution in [0.15, 0.2) is 18.2 Å². The third kappa shape index (κ3) is 3.87. The van der Waals surface area contributed by atoms with Crippen LogP contribution in [-0.4, -0.2) is 61.1 Å². The van der Waals surface area contributed by atoms with Gasteiger partial charge in [-0.1, -0.05) is 6.07 Å². The van der Waals surface area contributed by atoms with Gasteiger partial charge in [0.1, 0.15) is 17.2 Å². The zero-order valence-corrected chi connectivity index (χ0v) is 13.1. The number of ether oxygens (including phenoxy) is 1. The van der Waals surface area contributed by atoms with Gasteiger partial charge in [0.25, 0.3) is 5.91 Å². The number of halogens is 2. The fourth-order valence-corrected chi connectivity index (χ4v) is 3.23. The highest BCUT2D eigenvalue weighted by Crippen LogP contribution is 2.18. The van der Waals surface area contributed by atoms with E-state index >= 15 is 0 Å². The zero-order valence-electron chi connectivity index (χ0n) is 13.1. The Morgan fingerprint density at radius 3 is 2.43 bits per heavy atom. The van der Waals surface area contributed by atoms with E-state index in [1.165, 1.54) is 17.4 Å². The monoisotopic (exact) mass is 324 g/mol. The molecule has 1 aromatic rings. The Morgan fingerprint density at radius 1 is 1.13 bits per heavy atom. The molecule has 0 bridgehead atoms. The van der Waals surface area contributed by atoms with Crippen molar-refractivity contribution in [3.63, 3.8) is 0 Å². The average molecular weight is 324 g/mol. The van der Waals surface area contributed by atoms with Gasteiger partial charge < -0.3 is 9.64 Å². The summed E-state index contributed by atoms with van der Waals surface area (Å²) >= 11 is 0. The summed E-state index contributed by atoms with van der Waals surface area (Å²) in [5.74, 6) is -2.16. The van der Waals surface area contributed by atoms with E-state index in [9.17, 15) is 13.6 Å². The van der Waals surface area contributed by atoms with Crippen LogP contribution in [0.3, 0.4) is 0 Å². The first-order valence-electron chi connectivity index (χ1n) is 8.22. The number of piperazine rings is 1. The zero-order chi connectivity index (χ0) is 16.2. The largest absolute Gasteiger partial charge is 0.377 e. The second-order valence-corrected chi connectivity index (χ2v) is 6.18. The SMILES string of the molecule is O=C(c1c(F)cccc1F)N1CCN(C[C@H]2CCCCO2)CC1. The summed E-state index contributed by atoms with van der Waals surface area (Å²) in [6.07, 6.45) is 3.69. The molecule has 1 amide bonds. The van der Waals surface area contributed by atoms with Crippen LogP contribution in [0.25, 0.3) is 0 Å². The molecule has 2 saturated heterocycles. The number of amides is 1. The number of hydrogen-bond acceptors (Lipinski definition) is 3. The minimum atomic E-state index is -0.798. The van der Waals surface area contributed by atoms with Gasteiger partial charge in [0.05, 0.1) is 6.10 Å². The topological polar surface area (TPSA) is 32.8 Å². The highest BCUT2D eigenvalue weighted by atomic mass is 19.1. The standard InChI is InChI=1S/C17H22F2N2O2/c18-14-5-3-6-15(19)16(14)17(22)21-9-7-20(8-10-21)12-13-4-1-2-11-23-13/h3,5-6,13H,1-2,4,7-12H2/t13-/m1/s1. The number of benzene rings is 1. The van der Waals surface area contributed by atoms with E-state index in [0.29, 0.717) is 26.2 Å². The van der Waals surface area contributed by atoms with Gasteiger partial charge in [0, 0.05) is 39.3 Å². The molecule has 23 heavy (non-hydrogen) atoms. The molecule has 0 N–H and O–H groups in total. The van der Waals surface area contributed by atoms with Crippen LogP contribution in [0.1, 0.15) is 29.6 Å². The fourth-order valence-electron chi connectivity index (χ4n) is 3.23. The second kappa shape index (κ2) is 7.36. The molecule has 1 aromatic carbocycles. The van der Waals surface area contributed by atoms with Crippen LogP contribution in [0.4, 0.5) is 8.78 Å². The van der Waals surface area contributed by atoms with Crippen LogP contribution in [0.5, 0.6) is 0 Å². The van der Waals surface area contributed by atoms with Crippen LogP contribution >= 0.6 is 0 Å². The number of rotatable bonds is 3. The molecule has 4 nitrogen and oxygen atoms in total. The molecular weight excluding hydrogens is 302 g/mol. The first-order valence-corrected chi connectivity index (χ1v) is 8.22. The van der Waals surface area contributed by atoms with Gasteiger partial charge in [-0.3, -0.25) is 9.69 Å². The summed E-state index contributed by atoms with van der Waals surface area (Å²) in [6.45, 7) is 4.09. The van der Waals surface area contributed by atoms with E-state index in [1.807, 2.05) is 0 Å². The average Bonchev–Trinajstić information content (AvgIpc) is 2.56. The molecule has 2 aliphatic heterocycles. The molecule has 0 aromatic heterocycles. The number of carbonyl (C=O) groups excluding carboxylic acids is 1. The third-order valence-corrected chi connectivity index (χ3v) is 4.57. The Balaban J connectivity index is 1.55. The van der Waals surface area contributed by atoms with Gasteiger partial charge in [-0.25, -0.2) is 8.78 Å². The van der Waals surface area contributed by atoms with Gasteiger partial charge in [-0.15, -0.1) is 0 Å². The molecular formula is C17H22F2N2O2. The smallest absolute Gasteiger partial charge is 0.259 e. The lowest BCUT2D eigenvalue weighted by atomic mass is 10.1. The lowest BCUT2D eigenvalue weighted by Gasteiger charge is -2.37. The fraction of sp³-hybridized carbons (Fsp3) is 0.588. The molecule has 0 aliphatic carbocycles. The summed E-state index contributed by atoms with van der Waals surface area (Å²) in [5, 5.41) is 0. The maximum Gasteiger partial charge on any atom is 0.259 e. The van der Waals surface area contributed by atoms with Crippen LogP contribution < -0.4 is 0 Å². The molecule has 0 saturated carbocycles. The summed E-state index contributed by atoms with van der Waals surface area (Å²) in [6, 6.07) is 3.50. The van der Waals surface area contributed by atoms with Crippen LogP contribution in [0, 0.1) is 11.6 Å². The number of carbonyl (C=O) groups is 1. The maximum absolute atomic E-state index is 13.7. The first kappa shape index (κ1) is 16.3. The summed E-state index contributed by atoms with van der Waals surface area (Å²) < 4.78 is 33.2. The van der Waals surface area contributed by atoms with Crippen LogP contribution in [-0.2, 0) is 4.74 Å². The molecule has 1 atom stereocenters. The molecule has 0 unspecified atom stereocenters. The Labute approximate surface area is 135 Å². The van der Waals surface area contributed by atoms with E-state index in [2.05, 4.69) is 4.90 Å². The van der Waals surface area contributed by atoms with Crippen molar-refractivity contribution in [3.8, 4) is 0 Å². The summed E-state index contributed by atoms with van der Waals surface area (Å²) in [7, 11) is 0. The highest BCUT2D eigenvalue weighted by molar-refractivity contribution is 5.94. The predicted molar refractivity (Wildman–Crippen MR) is 82.3 cm³/mol. The van der Waals surface area contributed by atoms with E-state index in [-0.39, 0.29) is 6.10 Å². The van der Waals surface area contributed by atoms with Gasteiger partial charge in [-0.2, -0.15) is 0 Å². The van der Waals surface area contributed by atoms with Crippen molar-refractivity contribution in [1.29, 1.82) is 0 Å². The lowest BCUT2D eigenvalue weighted by Crippen LogP contribution is -2.51. The molecule has 2 heterocycles. The van der Waals surface area contributed by atoms with Crippen molar-refractivity contribution < 1.29 is 18.3 Å². The molecule has 2 fully saturated rings. The molecule has 0 spiro atoms. The van der Waals surface area contributed by atoms with Gasteiger partial charge in [-0.05, 0) is 31.4 Å². The molecule has 0 radical (unpaired) electrons. The predicted octanol–water partition coefficient (Wildman–Crippen LogP) is 2.29. The Bertz CT molecular complexity index is 533. The third-order valence-electron chi connectivity index (χ3n) is 4.57. The Morgan fingerprint density at radius 2 is 1.83 bits per heavy atom. The van der Waals surface area contributed by atoms with Gasteiger partial charge in [0.15, 0.2) is 0 Å². The van der Waals surface area contributed by atoms with Crippen molar-refractivity contribution in [2.75, 3.05) is 39.3 Å². The minimum Gasteiger partial charge on any atom is -0.377 e. The van der Waals surface area contributed by atoms with Crippen molar-refractivity contribution >= 4 is 5.91 Å². The Hall–Kier alpha value is -1.53. The van der Waals surface area contributed by atoms with Crippen molar-refractivity contribution in [3.05, 3.63) is 35.4 Å². The normalized spacial score (nSPS) is 23.0. The van der Waals surface area contributed by atoms with E-state index in [1.54, 1.807) is 0 Å².